The monoisotopic (exact) mass is 374 g/mol. The molecule has 0 atom stereocenters. The second-order valence-corrected chi connectivity index (χ2v) is 5.67. The number of ether oxygens (including phenoxy) is 2. The van der Waals surface area contributed by atoms with Crippen LogP contribution in [0.3, 0.4) is 0 Å². The molecule has 116 valence electrons. The molecule has 0 aromatic heterocycles. The van der Waals surface area contributed by atoms with Gasteiger partial charge in [0.15, 0.2) is 0 Å². The quantitative estimate of drug-likeness (QED) is 0.495. The summed E-state index contributed by atoms with van der Waals surface area (Å²) in [6.07, 6.45) is 0.312. The highest BCUT2D eigenvalue weighted by atomic mass is 79.9. The average molecular weight is 375 g/mol. The Morgan fingerprint density at radius 3 is 2.26 bits per heavy atom. The Balaban J connectivity index is 1.87. The van der Waals surface area contributed by atoms with Gasteiger partial charge in [-0.15, -0.1) is 0 Å². The number of hydrogen-bond acceptors (Lipinski definition) is 5. The van der Waals surface area contributed by atoms with Gasteiger partial charge in [-0.25, -0.2) is 9.59 Å². The van der Waals surface area contributed by atoms with Crippen molar-refractivity contribution in [3.63, 3.8) is 0 Å². The summed E-state index contributed by atoms with van der Waals surface area (Å²) in [5.41, 5.74) is 0.924. The fourth-order valence-electron chi connectivity index (χ4n) is 2.08. The zero-order valence-corrected chi connectivity index (χ0v) is 13.3. The van der Waals surface area contributed by atoms with E-state index in [1.54, 1.807) is 30.3 Å². The molecule has 0 amide bonds. The van der Waals surface area contributed by atoms with Gasteiger partial charge < -0.3 is 14.6 Å². The Labute approximate surface area is 140 Å². The lowest BCUT2D eigenvalue weighted by Crippen LogP contribution is -2.29. The van der Waals surface area contributed by atoms with Crippen molar-refractivity contribution in [1.82, 2.24) is 0 Å². The molecule has 0 radical (unpaired) electrons. The number of cyclic esters (lactones) is 2. The van der Waals surface area contributed by atoms with E-state index in [-0.39, 0.29) is 11.3 Å². The van der Waals surface area contributed by atoms with Crippen LogP contribution in [0.4, 0.5) is 0 Å². The average Bonchev–Trinajstić information content (AvgIpc) is 2.53. The summed E-state index contributed by atoms with van der Waals surface area (Å²) in [5.74, 6) is -1.44. The number of hydrogen-bond donors (Lipinski definition) is 1. The van der Waals surface area contributed by atoms with Gasteiger partial charge in [-0.05, 0) is 23.8 Å². The first kappa shape index (κ1) is 15.3. The summed E-state index contributed by atoms with van der Waals surface area (Å²) in [6, 6.07) is 13.2. The molecule has 1 aliphatic heterocycles. The van der Waals surface area contributed by atoms with E-state index in [1.165, 1.54) is 18.2 Å². The molecule has 1 N–H and O–H groups in total. The molecular formula is C17H11BrO5. The van der Waals surface area contributed by atoms with Gasteiger partial charge in [0.05, 0.1) is 0 Å². The first-order chi connectivity index (χ1) is 11.0. The molecule has 2 aromatic rings. The maximum atomic E-state index is 12.1. The number of phenols is 1. The molecule has 1 saturated heterocycles. The first-order valence-electron chi connectivity index (χ1n) is 6.72. The highest BCUT2D eigenvalue weighted by molar-refractivity contribution is 9.10. The molecule has 3 rings (SSSR count). The zero-order valence-electron chi connectivity index (χ0n) is 11.7. The van der Waals surface area contributed by atoms with Gasteiger partial charge in [0.25, 0.3) is 6.29 Å². The van der Waals surface area contributed by atoms with Crippen LogP contribution in [0.1, 0.15) is 17.4 Å². The largest absolute Gasteiger partial charge is 0.508 e. The zero-order chi connectivity index (χ0) is 16.4. The van der Waals surface area contributed by atoms with Crippen molar-refractivity contribution in [2.24, 2.45) is 0 Å². The fraction of sp³-hybridized carbons (Fsp3) is 0.0588. The van der Waals surface area contributed by atoms with Crippen LogP contribution in [-0.4, -0.2) is 17.0 Å². The minimum atomic E-state index is -1.04. The summed E-state index contributed by atoms with van der Waals surface area (Å²) < 4.78 is 10.9. The van der Waals surface area contributed by atoms with Gasteiger partial charge >= 0.3 is 11.9 Å². The Bertz CT molecular complexity index is 778. The summed E-state index contributed by atoms with van der Waals surface area (Å²) in [5, 5.41) is 9.37. The molecule has 1 fully saturated rings. The van der Waals surface area contributed by atoms with Crippen molar-refractivity contribution in [2.45, 2.75) is 6.29 Å². The summed E-state index contributed by atoms with van der Waals surface area (Å²) in [6.45, 7) is 0. The number of phenolic OH excluding ortho intramolecular Hbond substituents is 1. The number of rotatable bonds is 2. The van der Waals surface area contributed by atoms with E-state index in [4.69, 9.17) is 9.47 Å². The van der Waals surface area contributed by atoms with Crippen molar-refractivity contribution in [3.05, 3.63) is 69.7 Å². The van der Waals surface area contributed by atoms with Crippen molar-refractivity contribution in [1.29, 1.82) is 0 Å². The number of halogens is 1. The molecule has 2 aromatic carbocycles. The third-order valence-electron chi connectivity index (χ3n) is 3.22. The van der Waals surface area contributed by atoms with Gasteiger partial charge in [0.2, 0.25) is 0 Å². The van der Waals surface area contributed by atoms with E-state index in [0.717, 1.165) is 0 Å². The Kier molecular flexibility index (Phi) is 4.16. The van der Waals surface area contributed by atoms with Crippen LogP contribution in [-0.2, 0) is 19.1 Å². The van der Waals surface area contributed by atoms with Crippen LogP contribution in [0.2, 0.25) is 0 Å². The van der Waals surface area contributed by atoms with Crippen molar-refractivity contribution < 1.29 is 24.2 Å². The molecule has 0 spiro atoms. The normalized spacial score (nSPS) is 17.4. The van der Waals surface area contributed by atoms with Crippen LogP contribution in [0.15, 0.2) is 58.6 Å². The fourth-order valence-corrected chi connectivity index (χ4v) is 2.56. The molecule has 6 heteroatoms. The summed E-state index contributed by atoms with van der Waals surface area (Å²) in [7, 11) is 0. The molecule has 23 heavy (non-hydrogen) atoms. The second-order valence-electron chi connectivity index (χ2n) is 4.82. The maximum absolute atomic E-state index is 12.1. The Morgan fingerprint density at radius 2 is 1.65 bits per heavy atom. The van der Waals surface area contributed by atoms with Crippen LogP contribution in [0.5, 0.6) is 5.75 Å². The van der Waals surface area contributed by atoms with Gasteiger partial charge in [0.1, 0.15) is 11.3 Å². The smallest absolute Gasteiger partial charge is 0.348 e. The third kappa shape index (κ3) is 3.27. The van der Waals surface area contributed by atoms with E-state index in [0.29, 0.717) is 15.6 Å². The van der Waals surface area contributed by atoms with E-state index >= 15 is 0 Å². The predicted octanol–water partition coefficient (Wildman–Crippen LogP) is 3.34. The lowest BCUT2D eigenvalue weighted by Gasteiger charge is -2.24. The van der Waals surface area contributed by atoms with Gasteiger partial charge in [0, 0.05) is 10.0 Å². The third-order valence-corrected chi connectivity index (χ3v) is 3.91. The minimum Gasteiger partial charge on any atom is -0.508 e. The van der Waals surface area contributed by atoms with Crippen LogP contribution in [0, 0.1) is 0 Å². The van der Waals surface area contributed by atoms with Crippen LogP contribution in [0.25, 0.3) is 6.08 Å². The van der Waals surface area contributed by atoms with Crippen molar-refractivity contribution in [3.8, 4) is 5.75 Å². The van der Waals surface area contributed by atoms with E-state index in [1.807, 2.05) is 6.07 Å². The van der Waals surface area contributed by atoms with Gasteiger partial charge in [-0.3, -0.25) is 0 Å². The van der Waals surface area contributed by atoms with Crippen molar-refractivity contribution in [2.75, 3.05) is 0 Å². The molecule has 1 aliphatic rings. The molecule has 0 bridgehead atoms. The summed E-state index contributed by atoms with van der Waals surface area (Å²) >= 11 is 3.25. The van der Waals surface area contributed by atoms with E-state index < -0.39 is 18.2 Å². The summed E-state index contributed by atoms with van der Waals surface area (Å²) in [4.78, 5) is 24.2. The lowest BCUT2D eigenvalue weighted by molar-refractivity contribution is -0.195. The van der Waals surface area contributed by atoms with Gasteiger partial charge in [-0.2, -0.15) is 0 Å². The van der Waals surface area contributed by atoms with Crippen LogP contribution < -0.4 is 0 Å². The highest BCUT2D eigenvalue weighted by Gasteiger charge is 2.34. The van der Waals surface area contributed by atoms with E-state index in [2.05, 4.69) is 15.9 Å². The number of carbonyl (C=O) groups is 2. The predicted molar refractivity (Wildman–Crippen MR) is 85.2 cm³/mol. The molecule has 0 aliphatic carbocycles. The number of esters is 2. The number of benzene rings is 2. The molecule has 0 saturated carbocycles. The second kappa shape index (κ2) is 6.26. The molecule has 0 unspecified atom stereocenters. The maximum Gasteiger partial charge on any atom is 0.348 e. The van der Waals surface area contributed by atoms with Crippen molar-refractivity contribution >= 4 is 33.9 Å². The lowest BCUT2D eigenvalue weighted by atomic mass is 10.1. The Hall–Kier alpha value is -2.60. The highest BCUT2D eigenvalue weighted by Crippen LogP contribution is 2.29. The standard InChI is InChI=1S/C17H11BrO5/c18-14-9-12(19)7-6-11(14)8-13-15(20)22-17(23-16(13)21)10-4-2-1-3-5-10/h1-9,17,19H. The Morgan fingerprint density at radius 1 is 1.00 bits per heavy atom. The minimum absolute atomic E-state index is 0.0666. The topological polar surface area (TPSA) is 72.8 Å². The first-order valence-corrected chi connectivity index (χ1v) is 7.51. The van der Waals surface area contributed by atoms with Crippen LogP contribution >= 0.6 is 15.9 Å². The molecule has 1 heterocycles. The van der Waals surface area contributed by atoms with Gasteiger partial charge in [-0.1, -0.05) is 52.3 Å². The SMILES string of the molecule is O=C1OC(c2ccccc2)OC(=O)C1=Cc1ccc(O)cc1Br. The number of aromatic hydroxyl groups is 1. The number of carbonyl (C=O) groups excluding carboxylic acids is 2. The van der Waals surface area contributed by atoms with E-state index in [9.17, 15) is 14.7 Å². The molecular weight excluding hydrogens is 364 g/mol. The molecule has 5 nitrogen and oxygen atoms in total.